The minimum absolute atomic E-state index is 0.121. The average molecular weight is 359 g/mol. The first kappa shape index (κ1) is 18.4. The van der Waals surface area contributed by atoms with E-state index in [9.17, 15) is 9.90 Å². The second kappa shape index (κ2) is 8.32. The minimum atomic E-state index is -1.03. The summed E-state index contributed by atoms with van der Waals surface area (Å²) in [6, 6.07) is 20.6. The summed E-state index contributed by atoms with van der Waals surface area (Å²) in [6.45, 7) is 4.37. The van der Waals surface area contributed by atoms with Gasteiger partial charge in [-0.25, -0.2) is 4.79 Å². The van der Waals surface area contributed by atoms with E-state index in [-0.39, 0.29) is 5.56 Å². The summed E-state index contributed by atoms with van der Waals surface area (Å²) >= 11 is 0. The molecule has 0 aliphatic heterocycles. The molecule has 1 N–H and O–H groups in total. The molecule has 0 radical (unpaired) electrons. The molecule has 0 spiro atoms. The van der Waals surface area contributed by atoms with Crippen LogP contribution in [0.5, 0.6) is 5.75 Å². The molecular weight excluding hydrogens is 338 g/mol. The fraction of sp³-hybridized carbons (Fsp3) is 0.130. The van der Waals surface area contributed by atoms with Gasteiger partial charge in [0.15, 0.2) is 0 Å². The summed E-state index contributed by atoms with van der Waals surface area (Å²) < 4.78 is 5.71. The Morgan fingerprint density at radius 3 is 2.56 bits per heavy atom. The molecule has 3 aromatic rings. The zero-order valence-electron chi connectivity index (χ0n) is 15.3. The normalized spacial score (nSPS) is 10.9. The predicted octanol–water partition coefficient (Wildman–Crippen LogP) is 5.33. The van der Waals surface area contributed by atoms with Gasteiger partial charge in [-0.1, -0.05) is 42.5 Å². The molecule has 136 valence electrons. The van der Waals surface area contributed by atoms with Crippen molar-refractivity contribution < 1.29 is 14.6 Å². The van der Waals surface area contributed by atoms with Crippen LogP contribution in [-0.4, -0.2) is 17.3 Å². The van der Waals surface area contributed by atoms with Crippen molar-refractivity contribution in [2.75, 3.05) is 0 Å². The van der Waals surface area contributed by atoms with Crippen molar-refractivity contribution in [1.82, 2.24) is 0 Å². The van der Waals surface area contributed by atoms with Crippen molar-refractivity contribution in [1.29, 1.82) is 0 Å². The highest BCUT2D eigenvalue weighted by Gasteiger charge is 2.12. The molecule has 0 aromatic heterocycles. The first-order valence-corrected chi connectivity index (χ1v) is 8.69. The second-order valence-electron chi connectivity index (χ2n) is 6.31. The Hall–Kier alpha value is -3.40. The van der Waals surface area contributed by atoms with Crippen molar-refractivity contribution in [3.05, 3.63) is 94.5 Å². The van der Waals surface area contributed by atoms with E-state index in [1.807, 2.05) is 62.4 Å². The molecule has 0 heterocycles. The maximum atomic E-state index is 11.6. The largest absolute Gasteiger partial charge is 0.488 e. The number of aromatic carboxylic acids is 1. The topological polar surface area (TPSA) is 58.9 Å². The van der Waals surface area contributed by atoms with Gasteiger partial charge in [-0.15, -0.1) is 0 Å². The smallest absolute Gasteiger partial charge is 0.339 e. The number of carboxylic acid groups (broad SMARTS) is 1. The number of benzene rings is 3. The molecule has 4 nitrogen and oxygen atoms in total. The number of hydrogen-bond donors (Lipinski definition) is 1. The second-order valence-corrected chi connectivity index (χ2v) is 6.31. The van der Waals surface area contributed by atoms with E-state index in [4.69, 9.17) is 4.74 Å². The lowest BCUT2D eigenvalue weighted by molar-refractivity contribution is 0.0691. The lowest BCUT2D eigenvalue weighted by Crippen LogP contribution is -2.04. The lowest BCUT2D eigenvalue weighted by atomic mass is 10.1. The van der Waals surface area contributed by atoms with E-state index in [0.717, 1.165) is 16.8 Å². The molecule has 27 heavy (non-hydrogen) atoms. The first-order valence-electron chi connectivity index (χ1n) is 8.69. The fourth-order valence-electron chi connectivity index (χ4n) is 2.68. The van der Waals surface area contributed by atoms with E-state index >= 15 is 0 Å². The van der Waals surface area contributed by atoms with Crippen LogP contribution in [0.3, 0.4) is 0 Å². The SMILES string of the molecule is Cc1cccc(N=Cc2ccc(OCc3ccccc3)c(C(=O)O)c2)c1C. The molecule has 3 aromatic carbocycles. The maximum absolute atomic E-state index is 11.6. The summed E-state index contributed by atoms with van der Waals surface area (Å²) in [5, 5.41) is 9.53. The first-order chi connectivity index (χ1) is 13.0. The Bertz CT molecular complexity index is 978. The van der Waals surface area contributed by atoms with Gasteiger partial charge in [-0.2, -0.15) is 0 Å². The molecule has 0 bridgehead atoms. The maximum Gasteiger partial charge on any atom is 0.339 e. The van der Waals surface area contributed by atoms with Crippen LogP contribution in [0.1, 0.15) is 32.6 Å². The number of rotatable bonds is 6. The number of carbonyl (C=O) groups is 1. The zero-order chi connectivity index (χ0) is 19.2. The molecule has 0 aliphatic carbocycles. The fourth-order valence-corrected chi connectivity index (χ4v) is 2.68. The van der Waals surface area contributed by atoms with Gasteiger partial charge in [0, 0.05) is 6.21 Å². The van der Waals surface area contributed by atoms with E-state index in [2.05, 4.69) is 4.99 Å². The van der Waals surface area contributed by atoms with Crippen molar-refractivity contribution in [3.8, 4) is 5.75 Å². The standard InChI is InChI=1S/C23H21NO3/c1-16-7-6-10-21(17(16)2)24-14-19-11-12-22(20(13-19)23(25)26)27-15-18-8-4-3-5-9-18/h3-14H,15H2,1-2H3,(H,25,26). The molecule has 0 aliphatic rings. The quantitative estimate of drug-likeness (QED) is 0.605. The number of aliphatic imine (C=N–C) groups is 1. The Kier molecular flexibility index (Phi) is 5.67. The lowest BCUT2D eigenvalue weighted by Gasteiger charge is -2.10. The summed E-state index contributed by atoms with van der Waals surface area (Å²) in [7, 11) is 0. The Morgan fingerprint density at radius 2 is 1.81 bits per heavy atom. The average Bonchev–Trinajstić information content (AvgIpc) is 2.68. The van der Waals surface area contributed by atoms with Crippen LogP contribution >= 0.6 is 0 Å². The number of aryl methyl sites for hydroxylation is 1. The molecule has 3 rings (SSSR count). The van der Waals surface area contributed by atoms with Gasteiger partial charge in [0.1, 0.15) is 17.9 Å². The van der Waals surface area contributed by atoms with Crippen LogP contribution < -0.4 is 4.74 Å². The number of nitrogens with zero attached hydrogens (tertiary/aromatic N) is 1. The molecule has 0 amide bonds. The molecule has 0 unspecified atom stereocenters. The Morgan fingerprint density at radius 1 is 1.04 bits per heavy atom. The van der Waals surface area contributed by atoms with Crippen LogP contribution in [-0.2, 0) is 6.61 Å². The molecule has 0 saturated carbocycles. The molecule has 0 fully saturated rings. The predicted molar refractivity (Wildman–Crippen MR) is 107 cm³/mol. The molecule has 0 saturated heterocycles. The summed E-state index contributed by atoms with van der Waals surface area (Å²) in [4.78, 5) is 16.1. The van der Waals surface area contributed by atoms with Gasteiger partial charge < -0.3 is 9.84 Å². The molecule has 4 heteroatoms. The Labute approximate surface area is 158 Å². The van der Waals surface area contributed by atoms with E-state index in [1.165, 1.54) is 5.56 Å². The van der Waals surface area contributed by atoms with Crippen molar-refractivity contribution in [2.24, 2.45) is 4.99 Å². The Balaban J connectivity index is 1.82. The van der Waals surface area contributed by atoms with E-state index in [1.54, 1.807) is 24.4 Å². The van der Waals surface area contributed by atoms with Crippen molar-refractivity contribution in [2.45, 2.75) is 20.5 Å². The van der Waals surface area contributed by atoms with E-state index < -0.39 is 5.97 Å². The monoisotopic (exact) mass is 359 g/mol. The highest BCUT2D eigenvalue weighted by atomic mass is 16.5. The van der Waals surface area contributed by atoms with Crippen LogP contribution in [0.25, 0.3) is 0 Å². The third-order valence-electron chi connectivity index (χ3n) is 4.40. The van der Waals surface area contributed by atoms with Crippen LogP contribution in [0.4, 0.5) is 5.69 Å². The zero-order valence-corrected chi connectivity index (χ0v) is 15.3. The number of carboxylic acids is 1. The third-order valence-corrected chi connectivity index (χ3v) is 4.40. The van der Waals surface area contributed by atoms with Crippen LogP contribution in [0, 0.1) is 13.8 Å². The summed E-state index contributed by atoms with van der Waals surface area (Å²) in [5.74, 6) is -0.685. The van der Waals surface area contributed by atoms with Gasteiger partial charge >= 0.3 is 5.97 Å². The highest BCUT2D eigenvalue weighted by Crippen LogP contribution is 2.23. The van der Waals surface area contributed by atoms with Gasteiger partial charge in [-0.05, 0) is 60.4 Å². The van der Waals surface area contributed by atoms with Crippen molar-refractivity contribution >= 4 is 17.9 Å². The molecular formula is C23H21NO3. The summed E-state index contributed by atoms with van der Waals surface area (Å²) in [6.07, 6.45) is 1.68. The third kappa shape index (κ3) is 4.61. The van der Waals surface area contributed by atoms with Gasteiger partial charge in [0.25, 0.3) is 0 Å². The van der Waals surface area contributed by atoms with Gasteiger partial charge in [0.05, 0.1) is 5.69 Å². The minimum Gasteiger partial charge on any atom is -0.488 e. The number of hydrogen-bond acceptors (Lipinski definition) is 3. The van der Waals surface area contributed by atoms with Gasteiger partial charge in [-0.3, -0.25) is 4.99 Å². The van der Waals surface area contributed by atoms with Gasteiger partial charge in [0.2, 0.25) is 0 Å². The highest BCUT2D eigenvalue weighted by molar-refractivity contribution is 5.94. The number of ether oxygens (including phenoxy) is 1. The van der Waals surface area contributed by atoms with Crippen LogP contribution in [0.2, 0.25) is 0 Å². The van der Waals surface area contributed by atoms with E-state index in [0.29, 0.717) is 17.9 Å². The summed E-state index contributed by atoms with van der Waals surface area (Å²) in [5.41, 5.74) is 4.96. The molecule has 0 atom stereocenters. The van der Waals surface area contributed by atoms with Crippen molar-refractivity contribution in [3.63, 3.8) is 0 Å². The van der Waals surface area contributed by atoms with Crippen LogP contribution in [0.15, 0.2) is 71.7 Å².